The van der Waals surface area contributed by atoms with Crippen LogP contribution in [0, 0.1) is 6.92 Å². The maximum absolute atomic E-state index is 12.4. The van der Waals surface area contributed by atoms with Gasteiger partial charge in [-0.2, -0.15) is 0 Å². The third kappa shape index (κ3) is 3.83. The summed E-state index contributed by atoms with van der Waals surface area (Å²) >= 11 is 7.38. The van der Waals surface area contributed by atoms with Crippen LogP contribution in [0.5, 0.6) is 0 Å². The Labute approximate surface area is 156 Å². The topological polar surface area (TPSA) is 49.4 Å². The zero-order valence-corrected chi connectivity index (χ0v) is 15.6. The number of thioether (sulfide) groups is 1. The van der Waals surface area contributed by atoms with Crippen LogP contribution in [0.4, 0.5) is 11.4 Å². The molecule has 0 bridgehead atoms. The molecular formula is C19H19ClN2O2S. The molecular weight excluding hydrogens is 356 g/mol. The Bertz CT molecular complexity index is 792. The van der Waals surface area contributed by atoms with Crippen molar-refractivity contribution in [1.82, 2.24) is 0 Å². The lowest BCUT2D eigenvalue weighted by Gasteiger charge is -2.26. The fourth-order valence-corrected chi connectivity index (χ4v) is 3.96. The van der Waals surface area contributed by atoms with Crippen LogP contribution in [-0.4, -0.2) is 22.9 Å². The fraction of sp³-hybridized carbons (Fsp3) is 0.263. The largest absolute Gasteiger partial charge is 0.325 e. The van der Waals surface area contributed by atoms with Crippen molar-refractivity contribution in [1.29, 1.82) is 0 Å². The van der Waals surface area contributed by atoms with Gasteiger partial charge in [-0.1, -0.05) is 30.3 Å². The third-order valence-electron chi connectivity index (χ3n) is 4.07. The third-order valence-corrected chi connectivity index (χ3v) is 5.48. The first kappa shape index (κ1) is 17.8. The standard InChI is InChI=1S/C19H19ClN2O2S/c1-12-5-3-4-6-16(12)22-17(23)11-25-19(22)14-7-9-15(10-8-14)21-18(24)13(2)20/h3-10,13,19H,11H2,1-2H3,(H,21,24)/t13-,19-/m1/s1. The lowest BCUT2D eigenvalue weighted by atomic mass is 10.1. The van der Waals surface area contributed by atoms with E-state index in [1.807, 2.05) is 60.4 Å². The lowest BCUT2D eigenvalue weighted by molar-refractivity contribution is -0.116. The monoisotopic (exact) mass is 374 g/mol. The van der Waals surface area contributed by atoms with E-state index in [4.69, 9.17) is 11.6 Å². The molecule has 2 atom stereocenters. The maximum atomic E-state index is 12.4. The van der Waals surface area contributed by atoms with E-state index < -0.39 is 5.38 Å². The number of para-hydroxylation sites is 1. The van der Waals surface area contributed by atoms with Gasteiger partial charge in [0.2, 0.25) is 11.8 Å². The number of hydrogen-bond donors (Lipinski definition) is 1. The summed E-state index contributed by atoms with van der Waals surface area (Å²) in [6.07, 6.45) is 0. The van der Waals surface area contributed by atoms with E-state index in [2.05, 4.69) is 5.32 Å². The minimum atomic E-state index is -0.584. The number of aryl methyl sites for hydroxylation is 1. The molecule has 2 amide bonds. The highest BCUT2D eigenvalue weighted by Gasteiger charge is 2.34. The summed E-state index contributed by atoms with van der Waals surface area (Å²) in [7, 11) is 0. The zero-order chi connectivity index (χ0) is 18.0. The fourth-order valence-electron chi connectivity index (χ4n) is 2.74. The lowest BCUT2D eigenvalue weighted by Crippen LogP contribution is -2.28. The van der Waals surface area contributed by atoms with E-state index in [0.717, 1.165) is 16.8 Å². The number of carbonyl (C=O) groups is 2. The van der Waals surface area contributed by atoms with Crippen LogP contribution in [0.25, 0.3) is 0 Å². The number of rotatable bonds is 4. The van der Waals surface area contributed by atoms with Crippen molar-refractivity contribution in [3.05, 3.63) is 59.7 Å². The van der Waals surface area contributed by atoms with E-state index in [1.165, 1.54) is 0 Å². The van der Waals surface area contributed by atoms with Gasteiger partial charge in [0, 0.05) is 11.4 Å². The van der Waals surface area contributed by atoms with Gasteiger partial charge >= 0.3 is 0 Å². The molecule has 25 heavy (non-hydrogen) atoms. The van der Waals surface area contributed by atoms with E-state index in [-0.39, 0.29) is 17.2 Å². The number of halogens is 1. The quantitative estimate of drug-likeness (QED) is 0.810. The Morgan fingerprint density at radius 3 is 2.56 bits per heavy atom. The van der Waals surface area contributed by atoms with E-state index >= 15 is 0 Å². The molecule has 0 spiro atoms. The number of carbonyl (C=O) groups excluding carboxylic acids is 2. The number of nitrogens with one attached hydrogen (secondary N) is 1. The van der Waals surface area contributed by atoms with Crippen LogP contribution >= 0.6 is 23.4 Å². The first-order valence-corrected chi connectivity index (χ1v) is 9.50. The SMILES string of the molecule is Cc1ccccc1N1C(=O)CS[C@@H]1c1ccc(NC(=O)[C@@H](C)Cl)cc1. The Morgan fingerprint density at radius 2 is 1.92 bits per heavy atom. The molecule has 0 unspecified atom stereocenters. The van der Waals surface area contributed by atoms with Gasteiger partial charge in [-0.05, 0) is 43.2 Å². The molecule has 1 heterocycles. The molecule has 1 aliphatic rings. The van der Waals surface area contributed by atoms with E-state index in [0.29, 0.717) is 11.4 Å². The highest BCUT2D eigenvalue weighted by atomic mass is 35.5. The Balaban J connectivity index is 1.84. The number of benzene rings is 2. The van der Waals surface area contributed by atoms with Crippen molar-refractivity contribution < 1.29 is 9.59 Å². The Hall–Kier alpha value is -1.98. The molecule has 130 valence electrons. The number of hydrogen-bond acceptors (Lipinski definition) is 3. The van der Waals surface area contributed by atoms with Crippen LogP contribution in [0.1, 0.15) is 23.4 Å². The van der Waals surface area contributed by atoms with Crippen molar-refractivity contribution in [2.45, 2.75) is 24.6 Å². The summed E-state index contributed by atoms with van der Waals surface area (Å²) in [6.45, 7) is 3.64. The van der Waals surface area contributed by atoms with Gasteiger partial charge in [0.05, 0.1) is 5.75 Å². The van der Waals surface area contributed by atoms with Crippen molar-refractivity contribution >= 4 is 46.6 Å². The minimum absolute atomic E-state index is 0.0645. The molecule has 1 N–H and O–H groups in total. The van der Waals surface area contributed by atoms with Crippen LogP contribution in [0.3, 0.4) is 0 Å². The first-order chi connectivity index (χ1) is 12.0. The second-order valence-electron chi connectivity index (χ2n) is 5.94. The van der Waals surface area contributed by atoms with Crippen molar-refractivity contribution in [2.24, 2.45) is 0 Å². The maximum Gasteiger partial charge on any atom is 0.242 e. The average molecular weight is 375 g/mol. The second-order valence-corrected chi connectivity index (χ2v) is 7.66. The summed E-state index contributed by atoms with van der Waals surface area (Å²) in [4.78, 5) is 26.0. The predicted octanol–water partition coefficient (Wildman–Crippen LogP) is 4.34. The highest BCUT2D eigenvalue weighted by Crippen LogP contribution is 2.42. The summed E-state index contributed by atoms with van der Waals surface area (Å²) in [6, 6.07) is 15.5. The molecule has 2 aromatic rings. The molecule has 2 aromatic carbocycles. The molecule has 1 aliphatic heterocycles. The van der Waals surface area contributed by atoms with Gasteiger partial charge in [0.1, 0.15) is 10.8 Å². The zero-order valence-electron chi connectivity index (χ0n) is 14.0. The molecule has 0 aliphatic carbocycles. The van der Waals surface area contributed by atoms with Crippen LogP contribution < -0.4 is 10.2 Å². The summed E-state index contributed by atoms with van der Waals surface area (Å²) in [5.74, 6) is 0.334. The normalized spacial score (nSPS) is 18.3. The van der Waals surface area contributed by atoms with Crippen LogP contribution in [0.2, 0.25) is 0 Å². The Kier molecular flexibility index (Phi) is 5.35. The number of alkyl halides is 1. The molecule has 0 saturated carbocycles. The van der Waals surface area contributed by atoms with Gasteiger partial charge < -0.3 is 5.32 Å². The van der Waals surface area contributed by atoms with Gasteiger partial charge in [-0.15, -0.1) is 23.4 Å². The van der Waals surface area contributed by atoms with E-state index in [9.17, 15) is 9.59 Å². The van der Waals surface area contributed by atoms with Crippen LogP contribution in [-0.2, 0) is 9.59 Å². The van der Waals surface area contributed by atoms with Crippen molar-refractivity contribution in [3.8, 4) is 0 Å². The van der Waals surface area contributed by atoms with Crippen molar-refractivity contribution in [2.75, 3.05) is 16.0 Å². The predicted molar refractivity (Wildman–Crippen MR) is 104 cm³/mol. The first-order valence-electron chi connectivity index (χ1n) is 8.01. The Morgan fingerprint density at radius 1 is 1.24 bits per heavy atom. The molecule has 3 rings (SSSR count). The number of amides is 2. The summed E-state index contributed by atoms with van der Waals surface area (Å²) < 4.78 is 0. The summed E-state index contributed by atoms with van der Waals surface area (Å²) in [5, 5.41) is 2.11. The smallest absolute Gasteiger partial charge is 0.242 e. The van der Waals surface area contributed by atoms with Gasteiger partial charge in [0.15, 0.2) is 0 Å². The highest BCUT2D eigenvalue weighted by molar-refractivity contribution is 8.00. The molecule has 6 heteroatoms. The van der Waals surface area contributed by atoms with Gasteiger partial charge in [-0.25, -0.2) is 0 Å². The van der Waals surface area contributed by atoms with Gasteiger partial charge in [0.25, 0.3) is 0 Å². The molecule has 0 radical (unpaired) electrons. The minimum Gasteiger partial charge on any atom is -0.325 e. The number of nitrogens with zero attached hydrogens (tertiary/aromatic N) is 1. The number of anilines is 2. The molecule has 1 fully saturated rings. The van der Waals surface area contributed by atoms with Gasteiger partial charge in [-0.3, -0.25) is 14.5 Å². The molecule has 0 aromatic heterocycles. The average Bonchev–Trinajstić information content (AvgIpc) is 2.97. The van der Waals surface area contributed by atoms with Crippen LogP contribution in [0.15, 0.2) is 48.5 Å². The second kappa shape index (κ2) is 7.50. The molecule has 1 saturated heterocycles. The van der Waals surface area contributed by atoms with Crippen molar-refractivity contribution in [3.63, 3.8) is 0 Å². The summed E-state index contributed by atoms with van der Waals surface area (Å²) in [5.41, 5.74) is 3.73. The molecule has 4 nitrogen and oxygen atoms in total. The van der Waals surface area contributed by atoms with E-state index in [1.54, 1.807) is 18.7 Å².